The second kappa shape index (κ2) is 5.23. The van der Waals surface area contributed by atoms with E-state index in [0.29, 0.717) is 23.8 Å². The first-order valence-electron chi connectivity index (χ1n) is 5.99. The number of carbonyl (C=O) groups is 1. The lowest BCUT2D eigenvalue weighted by Gasteiger charge is -2.12. The third-order valence-corrected chi connectivity index (χ3v) is 3.02. The summed E-state index contributed by atoms with van der Waals surface area (Å²) in [4.78, 5) is 12.0. The number of aromatic nitrogens is 2. The van der Waals surface area contributed by atoms with Gasteiger partial charge in [0, 0.05) is 12.6 Å². The van der Waals surface area contributed by atoms with Crippen molar-refractivity contribution >= 4 is 5.91 Å². The van der Waals surface area contributed by atoms with Crippen LogP contribution in [0.1, 0.15) is 34.6 Å². The fraction of sp³-hybridized carbons (Fsp3) is 0.583. The van der Waals surface area contributed by atoms with E-state index in [9.17, 15) is 4.79 Å². The van der Waals surface area contributed by atoms with E-state index in [0.717, 1.165) is 18.7 Å². The first kappa shape index (κ1) is 12.0. The molecule has 1 atom stereocenters. The zero-order valence-electron chi connectivity index (χ0n) is 10.3. The molecule has 5 heteroatoms. The molecule has 17 heavy (non-hydrogen) atoms. The highest BCUT2D eigenvalue weighted by Crippen LogP contribution is 2.06. The van der Waals surface area contributed by atoms with Crippen LogP contribution in [0.2, 0.25) is 0 Å². The second-order valence-electron chi connectivity index (χ2n) is 4.49. The number of aryl methyl sites for hydroxylation is 2. The Kier molecular flexibility index (Phi) is 3.68. The summed E-state index contributed by atoms with van der Waals surface area (Å²) in [5, 5.41) is 14.2. The van der Waals surface area contributed by atoms with Gasteiger partial charge in [0.15, 0.2) is 0 Å². The van der Waals surface area contributed by atoms with Crippen LogP contribution in [-0.2, 0) is 0 Å². The van der Waals surface area contributed by atoms with Crippen molar-refractivity contribution in [2.45, 2.75) is 32.7 Å². The largest absolute Gasteiger partial charge is 0.350 e. The van der Waals surface area contributed by atoms with E-state index >= 15 is 0 Å². The Hall–Kier alpha value is -1.49. The minimum absolute atomic E-state index is 0.0609. The third-order valence-electron chi connectivity index (χ3n) is 3.02. The molecule has 2 N–H and O–H groups in total. The van der Waals surface area contributed by atoms with E-state index in [4.69, 9.17) is 0 Å². The molecule has 0 bridgehead atoms. The predicted octanol–water partition coefficient (Wildman–Crippen LogP) is 0.575. The topological polar surface area (TPSA) is 66.9 Å². The highest BCUT2D eigenvalue weighted by atomic mass is 16.1. The summed E-state index contributed by atoms with van der Waals surface area (Å²) in [6.07, 6.45) is 2.32. The molecule has 0 aromatic carbocycles. The molecular formula is C12H18N4O. The van der Waals surface area contributed by atoms with Gasteiger partial charge < -0.3 is 10.6 Å². The summed E-state index contributed by atoms with van der Waals surface area (Å²) in [6, 6.07) is 2.19. The lowest BCUT2D eigenvalue weighted by molar-refractivity contribution is 0.0949. The van der Waals surface area contributed by atoms with Gasteiger partial charge in [-0.1, -0.05) is 0 Å². The van der Waals surface area contributed by atoms with Crippen LogP contribution in [-0.4, -0.2) is 35.2 Å². The average Bonchev–Trinajstić information content (AvgIpc) is 2.82. The molecule has 1 aliphatic rings. The Bertz CT molecular complexity index is 413. The Morgan fingerprint density at radius 1 is 1.53 bits per heavy atom. The first-order valence-corrected chi connectivity index (χ1v) is 5.99. The van der Waals surface area contributed by atoms with Crippen LogP contribution >= 0.6 is 0 Å². The van der Waals surface area contributed by atoms with Gasteiger partial charge in [-0.2, -0.15) is 10.2 Å². The summed E-state index contributed by atoms with van der Waals surface area (Å²) in [5.74, 6) is -0.0609. The summed E-state index contributed by atoms with van der Waals surface area (Å²) in [5.41, 5.74) is 2.06. The van der Waals surface area contributed by atoms with Gasteiger partial charge in [0.2, 0.25) is 0 Å². The SMILES string of the molecule is Cc1cc(C(=O)NCC2CCCN2)c(C)nn1. The molecule has 1 unspecified atom stereocenters. The van der Waals surface area contributed by atoms with Crippen LogP contribution in [0.15, 0.2) is 6.07 Å². The van der Waals surface area contributed by atoms with E-state index < -0.39 is 0 Å². The van der Waals surface area contributed by atoms with Gasteiger partial charge in [0.25, 0.3) is 5.91 Å². The summed E-state index contributed by atoms with van der Waals surface area (Å²) in [7, 11) is 0. The summed E-state index contributed by atoms with van der Waals surface area (Å²) < 4.78 is 0. The first-order chi connectivity index (χ1) is 8.16. The maximum Gasteiger partial charge on any atom is 0.253 e. The molecule has 2 heterocycles. The molecular weight excluding hydrogens is 216 g/mol. The van der Waals surface area contributed by atoms with Crippen molar-refractivity contribution in [1.29, 1.82) is 0 Å². The highest BCUT2D eigenvalue weighted by Gasteiger charge is 2.16. The minimum atomic E-state index is -0.0609. The maximum absolute atomic E-state index is 12.0. The number of carbonyl (C=O) groups excluding carboxylic acids is 1. The number of nitrogens with one attached hydrogen (secondary N) is 2. The van der Waals surface area contributed by atoms with Crippen molar-refractivity contribution < 1.29 is 4.79 Å². The molecule has 1 amide bonds. The maximum atomic E-state index is 12.0. The molecule has 1 saturated heterocycles. The highest BCUT2D eigenvalue weighted by molar-refractivity contribution is 5.95. The number of rotatable bonds is 3. The Labute approximate surface area is 101 Å². The molecule has 0 radical (unpaired) electrons. The van der Waals surface area contributed by atoms with Crippen LogP contribution in [0.3, 0.4) is 0 Å². The van der Waals surface area contributed by atoms with Crippen LogP contribution in [0.25, 0.3) is 0 Å². The molecule has 5 nitrogen and oxygen atoms in total. The lowest BCUT2D eigenvalue weighted by Crippen LogP contribution is -2.37. The zero-order chi connectivity index (χ0) is 12.3. The van der Waals surface area contributed by atoms with Crippen molar-refractivity contribution in [3.8, 4) is 0 Å². The van der Waals surface area contributed by atoms with Crippen LogP contribution in [0, 0.1) is 13.8 Å². The van der Waals surface area contributed by atoms with Gasteiger partial charge in [0.1, 0.15) is 0 Å². The van der Waals surface area contributed by atoms with E-state index in [2.05, 4.69) is 20.8 Å². The lowest BCUT2D eigenvalue weighted by atomic mass is 10.1. The van der Waals surface area contributed by atoms with Gasteiger partial charge in [0.05, 0.1) is 17.0 Å². The number of hydrogen-bond acceptors (Lipinski definition) is 4. The molecule has 2 rings (SSSR count). The fourth-order valence-corrected chi connectivity index (χ4v) is 2.02. The Morgan fingerprint density at radius 3 is 3.06 bits per heavy atom. The van der Waals surface area contributed by atoms with Gasteiger partial charge in [-0.25, -0.2) is 0 Å². The molecule has 0 aliphatic carbocycles. The van der Waals surface area contributed by atoms with Crippen LogP contribution < -0.4 is 10.6 Å². The number of amides is 1. The number of hydrogen-bond donors (Lipinski definition) is 2. The monoisotopic (exact) mass is 234 g/mol. The predicted molar refractivity (Wildman–Crippen MR) is 64.9 cm³/mol. The quantitative estimate of drug-likeness (QED) is 0.802. The standard InChI is InChI=1S/C12H18N4O/c1-8-6-11(9(2)16-15-8)12(17)14-7-10-4-3-5-13-10/h6,10,13H,3-5,7H2,1-2H3,(H,14,17). The van der Waals surface area contributed by atoms with Crippen LogP contribution in [0.4, 0.5) is 0 Å². The Balaban J connectivity index is 1.96. The molecule has 1 aromatic heterocycles. The molecule has 1 aromatic rings. The van der Waals surface area contributed by atoms with E-state index in [-0.39, 0.29) is 5.91 Å². The van der Waals surface area contributed by atoms with Gasteiger partial charge in [-0.05, 0) is 39.3 Å². The molecule has 92 valence electrons. The smallest absolute Gasteiger partial charge is 0.253 e. The third kappa shape index (κ3) is 3.00. The Morgan fingerprint density at radius 2 is 2.35 bits per heavy atom. The molecule has 0 saturated carbocycles. The van der Waals surface area contributed by atoms with Gasteiger partial charge in [-0.15, -0.1) is 0 Å². The van der Waals surface area contributed by atoms with Crippen molar-refractivity contribution in [2.24, 2.45) is 0 Å². The molecule has 1 aliphatic heterocycles. The molecule has 1 fully saturated rings. The van der Waals surface area contributed by atoms with Crippen molar-refractivity contribution in [3.05, 3.63) is 23.0 Å². The van der Waals surface area contributed by atoms with E-state index in [1.165, 1.54) is 6.42 Å². The van der Waals surface area contributed by atoms with Crippen molar-refractivity contribution in [2.75, 3.05) is 13.1 Å². The van der Waals surface area contributed by atoms with Crippen LogP contribution in [0.5, 0.6) is 0 Å². The van der Waals surface area contributed by atoms with Crippen molar-refractivity contribution in [1.82, 2.24) is 20.8 Å². The van der Waals surface area contributed by atoms with Crippen molar-refractivity contribution in [3.63, 3.8) is 0 Å². The van der Waals surface area contributed by atoms with E-state index in [1.54, 1.807) is 13.0 Å². The van der Waals surface area contributed by atoms with Gasteiger partial charge in [-0.3, -0.25) is 4.79 Å². The fourth-order valence-electron chi connectivity index (χ4n) is 2.02. The summed E-state index contributed by atoms with van der Waals surface area (Å²) >= 11 is 0. The van der Waals surface area contributed by atoms with E-state index in [1.807, 2.05) is 6.92 Å². The number of nitrogens with zero attached hydrogens (tertiary/aromatic N) is 2. The van der Waals surface area contributed by atoms with Gasteiger partial charge >= 0.3 is 0 Å². The second-order valence-corrected chi connectivity index (χ2v) is 4.49. The zero-order valence-corrected chi connectivity index (χ0v) is 10.3. The normalized spacial score (nSPS) is 19.3. The minimum Gasteiger partial charge on any atom is -0.350 e. The average molecular weight is 234 g/mol. The summed E-state index contributed by atoms with van der Waals surface area (Å²) in [6.45, 7) is 5.37. The molecule has 0 spiro atoms.